The molecule has 1 amide bonds. The lowest BCUT2D eigenvalue weighted by molar-refractivity contribution is -0.115. The molecule has 0 aliphatic rings. The molecular weight excluding hydrogens is 402 g/mol. The third-order valence-corrected chi connectivity index (χ3v) is 5.57. The highest BCUT2D eigenvalue weighted by molar-refractivity contribution is 7.09. The third-order valence-electron chi connectivity index (χ3n) is 4.68. The fourth-order valence-electron chi connectivity index (χ4n) is 3.24. The zero-order valence-corrected chi connectivity index (χ0v) is 18.1. The van der Waals surface area contributed by atoms with Crippen LogP contribution in [0, 0.1) is 20.8 Å². The van der Waals surface area contributed by atoms with E-state index in [2.05, 4.69) is 15.3 Å². The minimum atomic E-state index is -0.546. The maximum Gasteiger partial charge on any atom is 0.355 e. The molecule has 0 aliphatic heterocycles. The normalized spacial score (nSPS) is 10.7. The predicted molar refractivity (Wildman–Crippen MR) is 115 cm³/mol. The number of carbonyl (C=O) groups is 3. The van der Waals surface area contributed by atoms with Crippen molar-refractivity contribution in [3.63, 3.8) is 0 Å². The molecule has 3 rings (SSSR count). The number of esters is 1. The summed E-state index contributed by atoms with van der Waals surface area (Å²) in [5.41, 5.74) is 4.33. The molecule has 2 N–H and O–H groups in total. The molecule has 2 heterocycles. The lowest BCUT2D eigenvalue weighted by Gasteiger charge is -2.06. The zero-order valence-electron chi connectivity index (χ0n) is 17.3. The fourth-order valence-corrected chi connectivity index (χ4v) is 4.01. The SMILES string of the molecule is CC(=O)c1c(C)[nH]c(C(=O)OCc2csc(CC(=O)Nc3ccccc3C)n2)c1C. The second-order valence-electron chi connectivity index (χ2n) is 7.03. The molecule has 30 heavy (non-hydrogen) atoms. The van der Waals surface area contributed by atoms with Crippen molar-refractivity contribution in [2.24, 2.45) is 0 Å². The Bertz CT molecular complexity index is 1110. The Hall–Kier alpha value is -3.26. The summed E-state index contributed by atoms with van der Waals surface area (Å²) in [6.07, 6.45) is 0.143. The number of anilines is 1. The van der Waals surface area contributed by atoms with Gasteiger partial charge in [-0.3, -0.25) is 9.59 Å². The summed E-state index contributed by atoms with van der Waals surface area (Å²) in [5, 5.41) is 5.27. The van der Waals surface area contributed by atoms with Gasteiger partial charge in [-0.25, -0.2) is 9.78 Å². The first-order chi connectivity index (χ1) is 14.3. The van der Waals surface area contributed by atoms with Gasteiger partial charge in [0.1, 0.15) is 17.3 Å². The number of thiazole rings is 1. The molecule has 0 atom stereocenters. The van der Waals surface area contributed by atoms with Crippen molar-refractivity contribution >= 4 is 34.7 Å². The highest BCUT2D eigenvalue weighted by atomic mass is 32.1. The molecule has 0 aliphatic carbocycles. The first kappa shape index (κ1) is 21.4. The number of benzene rings is 1. The topological polar surface area (TPSA) is 101 Å². The van der Waals surface area contributed by atoms with Crippen LogP contribution in [0.2, 0.25) is 0 Å². The third kappa shape index (κ3) is 4.83. The lowest BCUT2D eigenvalue weighted by Crippen LogP contribution is -2.15. The van der Waals surface area contributed by atoms with Crippen molar-refractivity contribution in [1.82, 2.24) is 9.97 Å². The number of hydrogen-bond donors (Lipinski definition) is 2. The van der Waals surface area contributed by atoms with E-state index in [-0.39, 0.29) is 30.4 Å². The van der Waals surface area contributed by atoms with E-state index in [1.165, 1.54) is 18.3 Å². The van der Waals surface area contributed by atoms with Crippen molar-refractivity contribution in [2.45, 2.75) is 40.7 Å². The monoisotopic (exact) mass is 425 g/mol. The maximum atomic E-state index is 12.4. The van der Waals surface area contributed by atoms with E-state index in [9.17, 15) is 14.4 Å². The van der Waals surface area contributed by atoms with Crippen molar-refractivity contribution in [1.29, 1.82) is 0 Å². The van der Waals surface area contributed by atoms with Crippen molar-refractivity contribution in [2.75, 3.05) is 5.32 Å². The summed E-state index contributed by atoms with van der Waals surface area (Å²) < 4.78 is 5.33. The van der Waals surface area contributed by atoms with Gasteiger partial charge in [0.25, 0.3) is 0 Å². The Balaban J connectivity index is 1.58. The first-order valence-electron chi connectivity index (χ1n) is 9.42. The fraction of sp³-hybridized carbons (Fsp3) is 0.273. The molecule has 156 valence electrons. The van der Waals surface area contributed by atoms with E-state index in [4.69, 9.17) is 4.74 Å². The number of nitrogens with one attached hydrogen (secondary N) is 2. The van der Waals surface area contributed by atoms with Gasteiger partial charge in [-0.15, -0.1) is 11.3 Å². The molecule has 8 heteroatoms. The van der Waals surface area contributed by atoms with Crippen LogP contribution in [-0.2, 0) is 22.6 Å². The number of amides is 1. The number of ketones is 1. The van der Waals surface area contributed by atoms with Crippen molar-refractivity contribution in [3.05, 3.63) is 68.4 Å². The minimum Gasteiger partial charge on any atom is -0.454 e. The summed E-state index contributed by atoms with van der Waals surface area (Å²) in [5.74, 6) is -0.806. The molecule has 7 nitrogen and oxygen atoms in total. The Morgan fingerprint density at radius 2 is 1.90 bits per heavy atom. The molecule has 2 aromatic heterocycles. The number of rotatable bonds is 7. The molecule has 0 bridgehead atoms. The molecule has 3 aromatic rings. The summed E-state index contributed by atoms with van der Waals surface area (Å²) in [4.78, 5) is 43.7. The average Bonchev–Trinajstić information content (AvgIpc) is 3.25. The second-order valence-corrected chi connectivity index (χ2v) is 7.97. The zero-order chi connectivity index (χ0) is 21.8. The number of H-pyrrole nitrogens is 1. The number of aromatic amines is 1. The van der Waals surface area contributed by atoms with Gasteiger partial charge in [-0.1, -0.05) is 18.2 Å². The number of para-hydroxylation sites is 1. The molecule has 0 saturated heterocycles. The van der Waals surface area contributed by atoms with Crippen LogP contribution in [0.3, 0.4) is 0 Å². The number of nitrogens with zero attached hydrogens (tertiary/aromatic N) is 1. The van der Waals surface area contributed by atoms with Crippen LogP contribution in [0.1, 0.15) is 55.3 Å². The molecule has 0 fully saturated rings. The predicted octanol–water partition coefficient (Wildman–Crippen LogP) is 4.14. The van der Waals surface area contributed by atoms with E-state index < -0.39 is 5.97 Å². The van der Waals surface area contributed by atoms with Crippen LogP contribution in [0.25, 0.3) is 0 Å². The Kier molecular flexibility index (Phi) is 6.47. The highest BCUT2D eigenvalue weighted by Gasteiger charge is 2.21. The number of hydrogen-bond acceptors (Lipinski definition) is 6. The number of ether oxygens (including phenoxy) is 1. The van der Waals surface area contributed by atoms with Crippen LogP contribution in [0.5, 0.6) is 0 Å². The van der Waals surface area contributed by atoms with E-state index in [1.54, 1.807) is 19.2 Å². The smallest absolute Gasteiger partial charge is 0.355 e. The van der Waals surface area contributed by atoms with Crippen LogP contribution in [-0.4, -0.2) is 27.6 Å². The van der Waals surface area contributed by atoms with Crippen LogP contribution in [0.4, 0.5) is 5.69 Å². The van der Waals surface area contributed by atoms with Gasteiger partial charge in [0, 0.05) is 22.3 Å². The van der Waals surface area contributed by atoms with Gasteiger partial charge in [0.15, 0.2) is 5.78 Å². The van der Waals surface area contributed by atoms with Gasteiger partial charge in [0.2, 0.25) is 5.91 Å². The van der Waals surface area contributed by atoms with E-state index >= 15 is 0 Å². The van der Waals surface area contributed by atoms with Gasteiger partial charge in [0.05, 0.1) is 12.1 Å². The van der Waals surface area contributed by atoms with Crippen LogP contribution >= 0.6 is 11.3 Å². The summed E-state index contributed by atoms with van der Waals surface area (Å²) in [7, 11) is 0. The number of Topliss-reactive ketones (excluding diaryl/α,β-unsaturated/α-hetero) is 1. The summed E-state index contributed by atoms with van der Waals surface area (Å²) >= 11 is 1.34. The second kappa shape index (κ2) is 9.04. The van der Waals surface area contributed by atoms with Gasteiger partial charge in [-0.2, -0.15) is 0 Å². The van der Waals surface area contributed by atoms with Gasteiger partial charge < -0.3 is 15.0 Å². The number of aryl methyl sites for hydroxylation is 2. The maximum absolute atomic E-state index is 12.4. The van der Waals surface area contributed by atoms with E-state index in [0.29, 0.717) is 27.5 Å². The minimum absolute atomic E-state index is 0.0122. The Morgan fingerprint density at radius 1 is 1.17 bits per heavy atom. The van der Waals surface area contributed by atoms with Gasteiger partial charge >= 0.3 is 5.97 Å². The number of aromatic nitrogens is 2. The Morgan fingerprint density at radius 3 is 2.57 bits per heavy atom. The highest BCUT2D eigenvalue weighted by Crippen LogP contribution is 2.20. The van der Waals surface area contributed by atoms with E-state index in [0.717, 1.165) is 11.3 Å². The molecular formula is C22H23N3O4S. The average molecular weight is 426 g/mol. The van der Waals surface area contributed by atoms with E-state index in [1.807, 2.05) is 31.2 Å². The standard InChI is InChI=1S/C22H23N3O4S/c1-12-7-5-6-8-17(12)25-18(27)9-19-24-16(11-30-19)10-29-22(28)21-13(2)20(15(4)26)14(3)23-21/h5-8,11,23H,9-10H2,1-4H3,(H,25,27). The molecule has 0 spiro atoms. The molecule has 0 unspecified atom stereocenters. The quantitative estimate of drug-likeness (QED) is 0.438. The van der Waals surface area contributed by atoms with Crippen molar-refractivity contribution < 1.29 is 19.1 Å². The van der Waals surface area contributed by atoms with Crippen molar-refractivity contribution in [3.8, 4) is 0 Å². The molecule has 1 aromatic carbocycles. The van der Waals surface area contributed by atoms with Gasteiger partial charge in [-0.05, 0) is 44.9 Å². The summed E-state index contributed by atoms with van der Waals surface area (Å²) in [6, 6.07) is 7.56. The lowest BCUT2D eigenvalue weighted by atomic mass is 10.1. The van der Waals surface area contributed by atoms with Crippen LogP contribution < -0.4 is 5.32 Å². The summed E-state index contributed by atoms with van der Waals surface area (Å²) in [6.45, 7) is 6.84. The Labute approximate surface area is 178 Å². The van der Waals surface area contributed by atoms with Crippen LogP contribution in [0.15, 0.2) is 29.6 Å². The number of carbonyl (C=O) groups excluding carboxylic acids is 3. The molecule has 0 saturated carbocycles. The first-order valence-corrected chi connectivity index (χ1v) is 10.3. The molecule has 0 radical (unpaired) electrons. The largest absolute Gasteiger partial charge is 0.454 e.